The van der Waals surface area contributed by atoms with E-state index in [2.05, 4.69) is 40.3 Å². The number of Topliss-reactive ketones (excluding diaryl/α,β-unsaturated/α-hetero) is 1. The Labute approximate surface area is 203 Å². The molecule has 168 valence electrons. The molecule has 1 aromatic heterocycles. The highest BCUT2D eigenvalue weighted by Crippen LogP contribution is 2.40. The van der Waals surface area contributed by atoms with Gasteiger partial charge in [0.15, 0.2) is 17.6 Å². The molecule has 0 saturated heterocycles. The average Bonchev–Trinajstić information content (AvgIpc) is 3.54. The van der Waals surface area contributed by atoms with E-state index in [1.54, 1.807) is 0 Å². The average molecular weight is 505 g/mol. The standard InChI is InChI=1S/C27H25N2O3.BrH/c1-18-28(16-22-21-12-14-31-26(21)15-20-11-13-32-27(20)22)23-9-5-6-10-24(23)29(18)17-25(30)19-7-3-2-4-8-19;/h2-10,15H,11-14,16-17H2,1H3;1H/q+1;/p-1. The number of nitrogens with zero attached hydrogens (tertiary/aromatic N) is 2. The largest absolute Gasteiger partial charge is 1.00 e. The minimum atomic E-state index is 0. The summed E-state index contributed by atoms with van der Waals surface area (Å²) in [5, 5.41) is 0. The SMILES string of the molecule is Cc1n(CC(=O)c2ccccc2)c2ccccc2[n+]1Cc1c2c(cc3c1OCC3)OCC2.[Br-]. The molecule has 0 unspecified atom stereocenters. The van der Waals surface area contributed by atoms with E-state index < -0.39 is 0 Å². The van der Waals surface area contributed by atoms with Crippen molar-refractivity contribution in [3.05, 3.63) is 88.7 Å². The van der Waals surface area contributed by atoms with Crippen LogP contribution in [0.5, 0.6) is 11.5 Å². The second kappa shape index (κ2) is 8.67. The van der Waals surface area contributed by atoms with Gasteiger partial charge in [-0.15, -0.1) is 0 Å². The lowest BCUT2D eigenvalue weighted by atomic mass is 9.99. The van der Waals surface area contributed by atoms with Crippen molar-refractivity contribution in [1.82, 2.24) is 4.57 Å². The summed E-state index contributed by atoms with van der Waals surface area (Å²) >= 11 is 0. The van der Waals surface area contributed by atoms with Crippen LogP contribution in [0.2, 0.25) is 0 Å². The third-order valence-electron chi connectivity index (χ3n) is 6.72. The molecule has 6 rings (SSSR count). The molecule has 2 aliphatic heterocycles. The van der Waals surface area contributed by atoms with Crippen LogP contribution in [0.3, 0.4) is 0 Å². The zero-order valence-corrected chi connectivity index (χ0v) is 20.1. The van der Waals surface area contributed by atoms with Crippen LogP contribution in [0.25, 0.3) is 11.0 Å². The van der Waals surface area contributed by atoms with Crippen LogP contribution in [0.15, 0.2) is 60.7 Å². The van der Waals surface area contributed by atoms with Gasteiger partial charge < -0.3 is 26.5 Å². The van der Waals surface area contributed by atoms with Crippen LogP contribution in [-0.2, 0) is 25.9 Å². The van der Waals surface area contributed by atoms with Gasteiger partial charge in [-0.2, -0.15) is 0 Å². The molecular weight excluding hydrogens is 480 g/mol. The van der Waals surface area contributed by atoms with Gasteiger partial charge in [-0.3, -0.25) is 4.79 Å². The summed E-state index contributed by atoms with van der Waals surface area (Å²) in [7, 11) is 0. The van der Waals surface area contributed by atoms with E-state index in [-0.39, 0.29) is 22.8 Å². The van der Waals surface area contributed by atoms with Gasteiger partial charge in [-0.25, -0.2) is 9.13 Å². The highest BCUT2D eigenvalue weighted by atomic mass is 79.9. The topological polar surface area (TPSA) is 44.3 Å². The molecule has 0 N–H and O–H groups in total. The van der Waals surface area contributed by atoms with Crippen molar-refractivity contribution in [2.45, 2.75) is 32.9 Å². The minimum Gasteiger partial charge on any atom is -1.00 e. The number of aromatic nitrogens is 2. The predicted octanol–water partition coefficient (Wildman–Crippen LogP) is 1.04. The van der Waals surface area contributed by atoms with Gasteiger partial charge in [0.25, 0.3) is 5.82 Å². The van der Waals surface area contributed by atoms with Crippen LogP contribution in [0.1, 0.15) is 32.9 Å². The summed E-state index contributed by atoms with van der Waals surface area (Å²) < 4.78 is 16.4. The molecule has 0 amide bonds. The van der Waals surface area contributed by atoms with Gasteiger partial charge >= 0.3 is 0 Å². The summed E-state index contributed by atoms with van der Waals surface area (Å²) in [6.07, 6.45) is 1.84. The monoisotopic (exact) mass is 504 g/mol. The number of benzene rings is 3. The molecule has 3 heterocycles. The predicted molar refractivity (Wildman–Crippen MR) is 122 cm³/mol. The van der Waals surface area contributed by atoms with Gasteiger partial charge in [0.2, 0.25) is 5.78 Å². The number of para-hydroxylation sites is 2. The number of hydrogen-bond donors (Lipinski definition) is 0. The molecule has 0 saturated carbocycles. The van der Waals surface area contributed by atoms with E-state index in [0.29, 0.717) is 13.1 Å². The number of carbonyl (C=O) groups excluding carboxylic acids is 1. The van der Waals surface area contributed by atoms with Crippen LogP contribution >= 0.6 is 0 Å². The van der Waals surface area contributed by atoms with Crippen molar-refractivity contribution in [2.24, 2.45) is 0 Å². The molecule has 0 fully saturated rings. The van der Waals surface area contributed by atoms with Crippen molar-refractivity contribution >= 4 is 16.8 Å². The smallest absolute Gasteiger partial charge is 0.254 e. The van der Waals surface area contributed by atoms with Gasteiger partial charge in [-0.1, -0.05) is 42.5 Å². The molecule has 0 aliphatic carbocycles. The van der Waals surface area contributed by atoms with Crippen molar-refractivity contribution in [2.75, 3.05) is 13.2 Å². The van der Waals surface area contributed by atoms with Crippen LogP contribution in [-0.4, -0.2) is 23.6 Å². The number of carbonyl (C=O) groups is 1. The maximum absolute atomic E-state index is 13.0. The first-order chi connectivity index (χ1) is 15.7. The molecule has 33 heavy (non-hydrogen) atoms. The van der Waals surface area contributed by atoms with Crippen molar-refractivity contribution < 1.29 is 35.8 Å². The summed E-state index contributed by atoms with van der Waals surface area (Å²) in [5.41, 5.74) is 6.64. The third kappa shape index (κ3) is 3.62. The van der Waals surface area contributed by atoms with E-state index in [1.807, 2.05) is 36.4 Å². The number of ketones is 1. The number of halogens is 1. The lowest BCUT2D eigenvalue weighted by Crippen LogP contribution is -3.00. The van der Waals surface area contributed by atoms with Crippen molar-refractivity contribution in [1.29, 1.82) is 0 Å². The molecule has 0 bridgehead atoms. The first-order valence-corrected chi connectivity index (χ1v) is 11.2. The zero-order chi connectivity index (χ0) is 21.7. The molecular formula is C27H25BrN2O3. The summed E-state index contributed by atoms with van der Waals surface area (Å²) in [4.78, 5) is 13.0. The van der Waals surface area contributed by atoms with Crippen LogP contribution < -0.4 is 31.0 Å². The third-order valence-corrected chi connectivity index (χ3v) is 6.72. The molecule has 3 aromatic carbocycles. The Hall–Kier alpha value is -3.12. The maximum atomic E-state index is 13.0. The Morgan fingerprint density at radius 3 is 2.61 bits per heavy atom. The van der Waals surface area contributed by atoms with E-state index in [0.717, 1.165) is 60.0 Å². The minimum absolute atomic E-state index is 0. The molecule has 0 atom stereocenters. The number of rotatable bonds is 5. The van der Waals surface area contributed by atoms with E-state index in [9.17, 15) is 4.79 Å². The number of ether oxygens (including phenoxy) is 2. The van der Waals surface area contributed by atoms with Crippen LogP contribution in [0.4, 0.5) is 0 Å². The van der Waals surface area contributed by atoms with Gasteiger partial charge in [0.05, 0.1) is 13.2 Å². The van der Waals surface area contributed by atoms with E-state index in [1.165, 1.54) is 16.7 Å². The molecule has 0 radical (unpaired) electrons. The molecule has 2 aliphatic rings. The number of imidazole rings is 1. The summed E-state index contributed by atoms with van der Waals surface area (Å²) in [5.74, 6) is 3.20. The van der Waals surface area contributed by atoms with Crippen molar-refractivity contribution in [3.8, 4) is 11.5 Å². The second-order valence-electron chi connectivity index (χ2n) is 8.51. The lowest BCUT2D eigenvalue weighted by molar-refractivity contribution is -0.669. The van der Waals surface area contributed by atoms with Crippen LogP contribution in [0, 0.1) is 6.92 Å². The maximum Gasteiger partial charge on any atom is 0.254 e. The van der Waals surface area contributed by atoms with Gasteiger partial charge in [0.1, 0.15) is 18.0 Å². The lowest BCUT2D eigenvalue weighted by Gasteiger charge is -2.12. The summed E-state index contributed by atoms with van der Waals surface area (Å²) in [6, 6.07) is 20.0. The highest BCUT2D eigenvalue weighted by molar-refractivity contribution is 5.96. The van der Waals surface area contributed by atoms with E-state index >= 15 is 0 Å². The first-order valence-electron chi connectivity index (χ1n) is 11.2. The van der Waals surface area contributed by atoms with Gasteiger partial charge in [-0.05, 0) is 18.2 Å². The Bertz CT molecular complexity index is 1330. The fourth-order valence-electron chi connectivity index (χ4n) is 5.08. The normalized spacial score (nSPS) is 13.7. The Morgan fingerprint density at radius 1 is 1.00 bits per heavy atom. The fraction of sp³-hybridized carbons (Fsp3) is 0.259. The Kier molecular flexibility index (Phi) is 5.71. The second-order valence-corrected chi connectivity index (χ2v) is 8.51. The molecule has 0 spiro atoms. The highest BCUT2D eigenvalue weighted by Gasteiger charge is 2.30. The molecule has 5 nitrogen and oxygen atoms in total. The van der Waals surface area contributed by atoms with Gasteiger partial charge in [0, 0.05) is 42.0 Å². The Morgan fingerprint density at radius 2 is 1.76 bits per heavy atom. The fourth-order valence-corrected chi connectivity index (χ4v) is 5.08. The van der Waals surface area contributed by atoms with Crippen molar-refractivity contribution in [3.63, 3.8) is 0 Å². The zero-order valence-electron chi connectivity index (χ0n) is 18.5. The molecule has 6 heteroatoms. The number of fused-ring (bicyclic) bond motifs is 3. The summed E-state index contributed by atoms with van der Waals surface area (Å²) in [6.45, 7) is 4.56. The van der Waals surface area contributed by atoms with E-state index in [4.69, 9.17) is 9.47 Å². The Balaban J connectivity index is 0.00000228. The quantitative estimate of drug-likeness (QED) is 0.301. The first kappa shape index (κ1) is 21.7. The number of hydrogen-bond acceptors (Lipinski definition) is 3. The molecule has 4 aromatic rings.